The average Bonchev–Trinajstić information content (AvgIpc) is 2.94. The van der Waals surface area contributed by atoms with Crippen LogP contribution in [0, 0.1) is 11.3 Å². The molecule has 0 saturated heterocycles. The number of hydrogen-bond acceptors (Lipinski definition) is 4. The monoisotopic (exact) mass is 320 g/mol. The molecule has 0 bridgehead atoms. The molecule has 0 aliphatic heterocycles. The van der Waals surface area contributed by atoms with Crippen LogP contribution in [0.1, 0.15) is 26.9 Å². The van der Waals surface area contributed by atoms with Crippen LogP contribution in [-0.2, 0) is 4.74 Å². The van der Waals surface area contributed by atoms with E-state index in [-0.39, 0.29) is 12.0 Å². The Hall–Kier alpha value is -1.87. The van der Waals surface area contributed by atoms with Crippen LogP contribution in [0.3, 0.4) is 0 Å². The predicted molar refractivity (Wildman–Crippen MR) is 82.6 cm³/mol. The minimum Gasteiger partial charge on any atom is -0.374 e. The van der Waals surface area contributed by atoms with Crippen molar-refractivity contribution in [2.75, 3.05) is 13.7 Å². The highest BCUT2D eigenvalue weighted by molar-refractivity contribution is 7.16. The third kappa shape index (κ3) is 4.05. The van der Waals surface area contributed by atoms with Gasteiger partial charge in [-0.15, -0.1) is 11.3 Å². The zero-order chi connectivity index (χ0) is 15.2. The first kappa shape index (κ1) is 15.5. The van der Waals surface area contributed by atoms with Crippen molar-refractivity contribution in [3.8, 4) is 6.07 Å². The van der Waals surface area contributed by atoms with Gasteiger partial charge in [0, 0.05) is 24.1 Å². The number of thiophene rings is 1. The van der Waals surface area contributed by atoms with Gasteiger partial charge in [0.15, 0.2) is 0 Å². The Balaban J connectivity index is 2.01. The molecule has 108 valence electrons. The highest BCUT2D eigenvalue weighted by Crippen LogP contribution is 2.28. The molecule has 0 aliphatic carbocycles. The first-order chi connectivity index (χ1) is 10.1. The molecule has 1 aromatic heterocycles. The largest absolute Gasteiger partial charge is 0.374 e. The minimum absolute atomic E-state index is 0.239. The summed E-state index contributed by atoms with van der Waals surface area (Å²) in [6, 6.07) is 12.2. The zero-order valence-corrected chi connectivity index (χ0v) is 12.9. The predicted octanol–water partition coefficient (Wildman–Crippen LogP) is 3.39. The number of amides is 1. The standard InChI is InChI=1S/C15H13ClN2O2S/c1-20-12(13-5-6-14(16)21-13)9-18-15(19)11-4-2-3-10(7-11)8-17/h2-7,12H,9H2,1H3,(H,18,19). The van der Waals surface area contributed by atoms with Crippen LogP contribution in [0.15, 0.2) is 36.4 Å². The molecule has 0 radical (unpaired) electrons. The Labute approximate surface area is 131 Å². The van der Waals surface area contributed by atoms with Gasteiger partial charge in [0.25, 0.3) is 5.91 Å². The van der Waals surface area contributed by atoms with Gasteiger partial charge in [-0.2, -0.15) is 5.26 Å². The number of carbonyl (C=O) groups is 1. The summed E-state index contributed by atoms with van der Waals surface area (Å²) in [5.74, 6) is -0.239. The fourth-order valence-electron chi connectivity index (χ4n) is 1.82. The van der Waals surface area contributed by atoms with Gasteiger partial charge >= 0.3 is 0 Å². The molecule has 0 spiro atoms. The lowest BCUT2D eigenvalue weighted by molar-refractivity contribution is 0.0837. The van der Waals surface area contributed by atoms with E-state index in [1.807, 2.05) is 12.1 Å². The van der Waals surface area contributed by atoms with E-state index < -0.39 is 0 Å². The summed E-state index contributed by atoms with van der Waals surface area (Å²) in [7, 11) is 1.58. The van der Waals surface area contributed by atoms with E-state index in [0.717, 1.165) is 4.88 Å². The summed E-state index contributed by atoms with van der Waals surface area (Å²) in [5.41, 5.74) is 0.907. The Bertz CT molecular complexity index is 678. The first-order valence-corrected chi connectivity index (χ1v) is 7.40. The van der Waals surface area contributed by atoms with Crippen molar-refractivity contribution in [2.24, 2.45) is 0 Å². The maximum atomic E-state index is 12.1. The van der Waals surface area contributed by atoms with Crippen molar-refractivity contribution >= 4 is 28.8 Å². The van der Waals surface area contributed by atoms with Gasteiger partial charge in [-0.1, -0.05) is 17.7 Å². The van der Waals surface area contributed by atoms with Gasteiger partial charge in [-0.3, -0.25) is 4.79 Å². The third-order valence-electron chi connectivity index (χ3n) is 2.90. The second-order valence-corrected chi connectivity index (χ2v) is 6.02. The maximum absolute atomic E-state index is 12.1. The van der Waals surface area contributed by atoms with Crippen LogP contribution in [0.4, 0.5) is 0 Å². The summed E-state index contributed by atoms with van der Waals surface area (Å²) in [4.78, 5) is 13.0. The molecule has 1 amide bonds. The SMILES string of the molecule is COC(CNC(=O)c1cccc(C#N)c1)c1ccc(Cl)s1. The smallest absolute Gasteiger partial charge is 0.251 e. The number of rotatable bonds is 5. The second kappa shape index (κ2) is 7.23. The highest BCUT2D eigenvalue weighted by atomic mass is 35.5. The molecular weight excluding hydrogens is 308 g/mol. The number of hydrogen-bond donors (Lipinski definition) is 1. The van der Waals surface area contributed by atoms with Crippen LogP contribution in [0.2, 0.25) is 4.34 Å². The van der Waals surface area contributed by atoms with Gasteiger partial charge < -0.3 is 10.1 Å². The van der Waals surface area contributed by atoms with E-state index in [1.165, 1.54) is 11.3 Å². The number of carbonyl (C=O) groups excluding carboxylic acids is 1. The lowest BCUT2D eigenvalue weighted by Gasteiger charge is -2.14. The summed E-state index contributed by atoms with van der Waals surface area (Å²) >= 11 is 7.32. The lowest BCUT2D eigenvalue weighted by atomic mass is 10.1. The molecule has 0 saturated carbocycles. The van der Waals surface area contributed by atoms with Crippen LogP contribution in [-0.4, -0.2) is 19.6 Å². The van der Waals surface area contributed by atoms with Crippen molar-refractivity contribution in [2.45, 2.75) is 6.10 Å². The van der Waals surface area contributed by atoms with Crippen molar-refractivity contribution in [3.05, 3.63) is 56.7 Å². The molecule has 1 atom stereocenters. The molecular formula is C15H13ClN2O2S. The van der Waals surface area contributed by atoms with E-state index in [0.29, 0.717) is 22.0 Å². The highest BCUT2D eigenvalue weighted by Gasteiger charge is 2.15. The number of benzene rings is 1. The van der Waals surface area contributed by atoms with Crippen LogP contribution < -0.4 is 5.32 Å². The Morgan fingerprint density at radius 1 is 1.48 bits per heavy atom. The molecule has 6 heteroatoms. The zero-order valence-electron chi connectivity index (χ0n) is 11.3. The van der Waals surface area contributed by atoms with E-state index in [1.54, 1.807) is 37.4 Å². The number of nitrogens with zero attached hydrogens (tertiary/aromatic N) is 1. The fourth-order valence-corrected chi connectivity index (χ4v) is 2.96. The van der Waals surface area contributed by atoms with Crippen molar-refractivity contribution in [3.63, 3.8) is 0 Å². The molecule has 1 aromatic carbocycles. The van der Waals surface area contributed by atoms with Crippen molar-refractivity contribution < 1.29 is 9.53 Å². The fraction of sp³-hybridized carbons (Fsp3) is 0.200. The topological polar surface area (TPSA) is 62.1 Å². The molecule has 1 unspecified atom stereocenters. The van der Waals surface area contributed by atoms with Crippen LogP contribution >= 0.6 is 22.9 Å². The van der Waals surface area contributed by atoms with E-state index in [2.05, 4.69) is 5.32 Å². The van der Waals surface area contributed by atoms with Crippen LogP contribution in [0.5, 0.6) is 0 Å². The summed E-state index contributed by atoms with van der Waals surface area (Å²) in [6.07, 6.45) is -0.245. The average molecular weight is 321 g/mol. The normalized spacial score (nSPS) is 11.7. The molecule has 21 heavy (non-hydrogen) atoms. The van der Waals surface area contributed by atoms with Gasteiger partial charge in [0.2, 0.25) is 0 Å². The van der Waals surface area contributed by atoms with Crippen LogP contribution in [0.25, 0.3) is 0 Å². The van der Waals surface area contributed by atoms with Gasteiger partial charge in [0.1, 0.15) is 6.10 Å². The number of nitriles is 1. The molecule has 1 N–H and O–H groups in total. The lowest BCUT2D eigenvalue weighted by Crippen LogP contribution is -2.28. The molecule has 0 fully saturated rings. The van der Waals surface area contributed by atoms with Gasteiger partial charge in [0.05, 0.1) is 16.0 Å². The molecule has 2 aromatic rings. The first-order valence-electron chi connectivity index (χ1n) is 6.20. The second-order valence-electron chi connectivity index (χ2n) is 4.27. The minimum atomic E-state index is -0.245. The Morgan fingerprint density at radius 3 is 2.90 bits per heavy atom. The Morgan fingerprint density at radius 2 is 2.29 bits per heavy atom. The van der Waals surface area contributed by atoms with Crippen molar-refractivity contribution in [1.82, 2.24) is 5.32 Å². The molecule has 2 rings (SSSR count). The van der Waals surface area contributed by atoms with Gasteiger partial charge in [-0.05, 0) is 30.3 Å². The van der Waals surface area contributed by atoms with Gasteiger partial charge in [-0.25, -0.2) is 0 Å². The quantitative estimate of drug-likeness (QED) is 0.918. The molecule has 0 aliphatic rings. The summed E-state index contributed by atoms with van der Waals surface area (Å²) in [6.45, 7) is 0.336. The molecule has 4 nitrogen and oxygen atoms in total. The number of halogens is 1. The number of ether oxygens (including phenoxy) is 1. The van der Waals surface area contributed by atoms with Crippen molar-refractivity contribution in [1.29, 1.82) is 5.26 Å². The third-order valence-corrected chi connectivity index (χ3v) is 4.22. The maximum Gasteiger partial charge on any atom is 0.251 e. The van der Waals surface area contributed by atoms with E-state index in [4.69, 9.17) is 21.6 Å². The molecule has 1 heterocycles. The summed E-state index contributed by atoms with van der Waals surface area (Å²) in [5, 5.41) is 11.6. The van der Waals surface area contributed by atoms with E-state index in [9.17, 15) is 4.79 Å². The number of nitrogens with one attached hydrogen (secondary N) is 1. The number of methoxy groups -OCH3 is 1. The Kier molecular flexibility index (Phi) is 5.34. The van der Waals surface area contributed by atoms with E-state index >= 15 is 0 Å². The summed E-state index contributed by atoms with van der Waals surface area (Å²) < 4.78 is 6.05.